The number of anilines is 1. The molecule has 100 valence electrons. The third kappa shape index (κ3) is 3.49. The minimum atomic E-state index is 0.783. The van der Waals surface area contributed by atoms with E-state index in [1.807, 2.05) is 0 Å². The summed E-state index contributed by atoms with van der Waals surface area (Å²) in [5, 5.41) is 0. The Balaban J connectivity index is 1.84. The smallest absolute Gasteiger partial charge is 0.0363 e. The summed E-state index contributed by atoms with van der Waals surface area (Å²) < 4.78 is 0. The van der Waals surface area contributed by atoms with Crippen molar-refractivity contribution in [3.8, 4) is 0 Å². The second-order valence-corrected chi connectivity index (χ2v) is 5.84. The normalized spacial score (nSPS) is 23.9. The van der Waals surface area contributed by atoms with E-state index in [2.05, 4.69) is 43.1 Å². The van der Waals surface area contributed by atoms with E-state index in [0.717, 1.165) is 18.4 Å². The standard InChI is InChI=1S/C16H26N2/c1-13-3-9-16(10-4-13)18(2)12-15-7-5-14(11-17)6-8-15/h3-4,9-10,14-15H,5-8,11-12,17H2,1-2H3. The van der Waals surface area contributed by atoms with E-state index in [1.54, 1.807) is 0 Å². The number of nitrogens with two attached hydrogens (primary N) is 1. The lowest BCUT2D eigenvalue weighted by Gasteiger charge is -2.31. The quantitative estimate of drug-likeness (QED) is 0.884. The fourth-order valence-electron chi connectivity index (χ4n) is 2.94. The summed E-state index contributed by atoms with van der Waals surface area (Å²) in [4.78, 5) is 2.40. The number of nitrogens with zero attached hydrogens (tertiary/aromatic N) is 1. The van der Waals surface area contributed by atoms with E-state index in [9.17, 15) is 0 Å². The number of aryl methyl sites for hydroxylation is 1. The summed E-state index contributed by atoms with van der Waals surface area (Å²) in [7, 11) is 2.21. The Bertz CT molecular complexity index is 350. The molecule has 0 amide bonds. The molecule has 2 rings (SSSR count). The molecule has 2 N–H and O–H groups in total. The van der Waals surface area contributed by atoms with Crippen LogP contribution in [0.3, 0.4) is 0 Å². The van der Waals surface area contributed by atoms with Crippen molar-refractivity contribution in [1.29, 1.82) is 0 Å². The molecule has 0 saturated heterocycles. The average Bonchev–Trinajstić information content (AvgIpc) is 2.40. The van der Waals surface area contributed by atoms with Gasteiger partial charge in [-0.2, -0.15) is 0 Å². The number of hydrogen-bond donors (Lipinski definition) is 1. The first-order chi connectivity index (χ1) is 8.69. The largest absolute Gasteiger partial charge is 0.374 e. The molecular formula is C16H26N2. The SMILES string of the molecule is Cc1ccc(N(C)CC2CCC(CN)CC2)cc1. The van der Waals surface area contributed by atoms with Gasteiger partial charge in [-0.3, -0.25) is 0 Å². The van der Waals surface area contributed by atoms with Gasteiger partial charge < -0.3 is 10.6 Å². The summed E-state index contributed by atoms with van der Waals surface area (Å²) in [6.45, 7) is 4.19. The lowest BCUT2D eigenvalue weighted by molar-refractivity contribution is 0.283. The van der Waals surface area contributed by atoms with Gasteiger partial charge in [0.1, 0.15) is 0 Å². The van der Waals surface area contributed by atoms with Gasteiger partial charge >= 0.3 is 0 Å². The molecule has 0 aromatic heterocycles. The Morgan fingerprint density at radius 3 is 2.17 bits per heavy atom. The van der Waals surface area contributed by atoms with Crippen LogP contribution in [0.4, 0.5) is 5.69 Å². The zero-order valence-electron chi connectivity index (χ0n) is 11.7. The van der Waals surface area contributed by atoms with Crippen LogP contribution in [-0.2, 0) is 0 Å². The van der Waals surface area contributed by atoms with Gasteiger partial charge in [-0.25, -0.2) is 0 Å². The Labute approximate surface area is 111 Å². The molecule has 1 aliphatic carbocycles. The van der Waals surface area contributed by atoms with Gasteiger partial charge in [0, 0.05) is 19.3 Å². The van der Waals surface area contributed by atoms with Gasteiger partial charge in [-0.15, -0.1) is 0 Å². The molecule has 2 nitrogen and oxygen atoms in total. The lowest BCUT2D eigenvalue weighted by Crippen LogP contribution is -2.30. The molecule has 0 bridgehead atoms. The molecule has 1 fully saturated rings. The average molecular weight is 246 g/mol. The van der Waals surface area contributed by atoms with Gasteiger partial charge in [-0.05, 0) is 63.1 Å². The molecule has 1 aromatic carbocycles. The van der Waals surface area contributed by atoms with Crippen LogP contribution in [0.2, 0.25) is 0 Å². The fourth-order valence-corrected chi connectivity index (χ4v) is 2.94. The molecule has 0 spiro atoms. The Kier molecular flexibility index (Phi) is 4.65. The van der Waals surface area contributed by atoms with Gasteiger partial charge in [0.25, 0.3) is 0 Å². The molecular weight excluding hydrogens is 220 g/mol. The molecule has 1 aromatic rings. The highest BCUT2D eigenvalue weighted by molar-refractivity contribution is 5.46. The van der Waals surface area contributed by atoms with Crippen LogP contribution >= 0.6 is 0 Å². The summed E-state index contributed by atoms with van der Waals surface area (Å²) in [5.74, 6) is 1.63. The van der Waals surface area contributed by atoms with Crippen molar-refractivity contribution in [2.75, 3.05) is 25.0 Å². The van der Waals surface area contributed by atoms with Gasteiger partial charge in [0.05, 0.1) is 0 Å². The van der Waals surface area contributed by atoms with Gasteiger partial charge in [0.2, 0.25) is 0 Å². The highest BCUT2D eigenvalue weighted by Gasteiger charge is 2.21. The third-order valence-electron chi connectivity index (χ3n) is 4.31. The lowest BCUT2D eigenvalue weighted by atomic mass is 9.82. The predicted molar refractivity (Wildman–Crippen MR) is 79.0 cm³/mol. The molecule has 1 aliphatic rings. The third-order valence-corrected chi connectivity index (χ3v) is 4.31. The number of benzene rings is 1. The molecule has 18 heavy (non-hydrogen) atoms. The molecule has 0 unspecified atom stereocenters. The first-order valence-electron chi connectivity index (χ1n) is 7.17. The fraction of sp³-hybridized carbons (Fsp3) is 0.625. The Hall–Kier alpha value is -1.02. The summed E-state index contributed by atoms with van der Waals surface area (Å²) in [5.41, 5.74) is 8.41. The van der Waals surface area contributed by atoms with Crippen LogP contribution in [0, 0.1) is 18.8 Å². The van der Waals surface area contributed by atoms with Crippen molar-refractivity contribution < 1.29 is 0 Å². The van der Waals surface area contributed by atoms with Crippen molar-refractivity contribution in [3.05, 3.63) is 29.8 Å². The second-order valence-electron chi connectivity index (χ2n) is 5.84. The summed E-state index contributed by atoms with van der Waals surface area (Å²) in [6.07, 6.45) is 5.34. The van der Waals surface area contributed by atoms with Crippen LogP contribution in [0.25, 0.3) is 0 Å². The second kappa shape index (κ2) is 6.24. The highest BCUT2D eigenvalue weighted by atomic mass is 15.1. The predicted octanol–water partition coefficient (Wildman–Crippen LogP) is 3.20. The molecule has 0 heterocycles. The minimum absolute atomic E-state index is 0.783. The van der Waals surface area contributed by atoms with E-state index < -0.39 is 0 Å². The van der Waals surface area contributed by atoms with Crippen LogP contribution < -0.4 is 10.6 Å². The Morgan fingerprint density at radius 2 is 1.61 bits per heavy atom. The van der Waals surface area contributed by atoms with Crippen molar-refractivity contribution in [2.24, 2.45) is 17.6 Å². The maximum atomic E-state index is 5.74. The van der Waals surface area contributed by atoms with Crippen LogP contribution in [-0.4, -0.2) is 20.1 Å². The monoisotopic (exact) mass is 246 g/mol. The maximum absolute atomic E-state index is 5.74. The van der Waals surface area contributed by atoms with E-state index in [1.165, 1.54) is 43.5 Å². The van der Waals surface area contributed by atoms with E-state index in [-0.39, 0.29) is 0 Å². The zero-order valence-corrected chi connectivity index (χ0v) is 11.7. The topological polar surface area (TPSA) is 29.3 Å². The minimum Gasteiger partial charge on any atom is -0.374 e. The van der Waals surface area contributed by atoms with Crippen LogP contribution in [0.15, 0.2) is 24.3 Å². The van der Waals surface area contributed by atoms with Crippen molar-refractivity contribution in [1.82, 2.24) is 0 Å². The molecule has 2 heteroatoms. The number of hydrogen-bond acceptors (Lipinski definition) is 2. The summed E-state index contributed by atoms with van der Waals surface area (Å²) in [6, 6.07) is 8.83. The number of rotatable bonds is 4. The highest BCUT2D eigenvalue weighted by Crippen LogP contribution is 2.29. The molecule has 0 aliphatic heterocycles. The van der Waals surface area contributed by atoms with E-state index >= 15 is 0 Å². The zero-order chi connectivity index (χ0) is 13.0. The first kappa shape index (κ1) is 13.4. The van der Waals surface area contributed by atoms with Crippen molar-refractivity contribution in [2.45, 2.75) is 32.6 Å². The van der Waals surface area contributed by atoms with E-state index in [4.69, 9.17) is 5.73 Å². The Morgan fingerprint density at radius 1 is 1.06 bits per heavy atom. The van der Waals surface area contributed by atoms with Crippen LogP contribution in [0.5, 0.6) is 0 Å². The molecule has 0 atom stereocenters. The maximum Gasteiger partial charge on any atom is 0.0363 e. The van der Waals surface area contributed by atoms with Crippen molar-refractivity contribution in [3.63, 3.8) is 0 Å². The van der Waals surface area contributed by atoms with E-state index in [0.29, 0.717) is 0 Å². The van der Waals surface area contributed by atoms with Gasteiger partial charge in [-0.1, -0.05) is 17.7 Å². The molecule has 1 saturated carbocycles. The van der Waals surface area contributed by atoms with Crippen LogP contribution in [0.1, 0.15) is 31.2 Å². The first-order valence-corrected chi connectivity index (χ1v) is 7.17. The van der Waals surface area contributed by atoms with Gasteiger partial charge in [0.15, 0.2) is 0 Å². The molecule has 0 radical (unpaired) electrons. The van der Waals surface area contributed by atoms with Crippen molar-refractivity contribution >= 4 is 5.69 Å². The summed E-state index contributed by atoms with van der Waals surface area (Å²) >= 11 is 0.